The van der Waals surface area contributed by atoms with Gasteiger partial charge in [-0.2, -0.15) is 0 Å². The number of aromatic nitrogens is 3. The van der Waals surface area contributed by atoms with Crippen LogP contribution < -0.4 is 0 Å². The number of carbonyl (C=O) groups is 1. The molecule has 158 valence electrons. The Hall–Kier alpha value is -3.02. The predicted molar refractivity (Wildman–Crippen MR) is 114 cm³/mol. The number of carboxylic acid groups (broad SMARTS) is 1. The van der Waals surface area contributed by atoms with Crippen molar-refractivity contribution in [2.45, 2.75) is 58.9 Å². The molecule has 0 bridgehead atoms. The van der Waals surface area contributed by atoms with Crippen LogP contribution in [0, 0.1) is 12.7 Å². The maximum Gasteiger partial charge on any atom is 0.335 e. The molecule has 3 rings (SSSR count). The Labute approximate surface area is 176 Å². The zero-order valence-corrected chi connectivity index (χ0v) is 17.7. The number of pyridine rings is 1. The minimum Gasteiger partial charge on any atom is -0.478 e. The van der Waals surface area contributed by atoms with Gasteiger partial charge in [0.25, 0.3) is 0 Å². The van der Waals surface area contributed by atoms with Gasteiger partial charge in [-0.3, -0.25) is 4.98 Å². The lowest BCUT2D eigenvalue weighted by atomic mass is 10.1. The van der Waals surface area contributed by atoms with Crippen molar-refractivity contribution in [1.29, 1.82) is 0 Å². The van der Waals surface area contributed by atoms with E-state index in [2.05, 4.69) is 28.4 Å². The number of benzene rings is 1. The number of aromatic carboxylic acids is 1. The lowest BCUT2D eigenvalue weighted by Gasteiger charge is -2.16. The molecule has 0 aliphatic heterocycles. The molecule has 2 aromatic heterocycles. The van der Waals surface area contributed by atoms with E-state index in [0.29, 0.717) is 24.6 Å². The summed E-state index contributed by atoms with van der Waals surface area (Å²) in [5.41, 5.74) is 3.98. The Bertz CT molecular complexity index is 1010. The summed E-state index contributed by atoms with van der Waals surface area (Å²) in [4.78, 5) is 20.4. The average Bonchev–Trinajstić information content (AvgIpc) is 3.11. The third-order valence-electron chi connectivity index (χ3n) is 5.43. The van der Waals surface area contributed by atoms with E-state index in [9.17, 15) is 14.3 Å². The smallest absolute Gasteiger partial charge is 0.335 e. The topological polar surface area (TPSA) is 68.0 Å². The molecule has 2 heterocycles. The molecular weight excluding hydrogens is 381 g/mol. The molecule has 0 amide bonds. The van der Waals surface area contributed by atoms with Crippen molar-refractivity contribution in [3.63, 3.8) is 0 Å². The third kappa shape index (κ3) is 5.32. The minimum atomic E-state index is -0.935. The van der Waals surface area contributed by atoms with Crippen LogP contribution in [-0.4, -0.2) is 25.6 Å². The van der Waals surface area contributed by atoms with Crippen molar-refractivity contribution in [3.05, 3.63) is 82.4 Å². The number of hydrogen-bond acceptors (Lipinski definition) is 3. The molecule has 6 heteroatoms. The van der Waals surface area contributed by atoms with E-state index in [-0.39, 0.29) is 11.4 Å². The number of rotatable bonds is 9. The minimum absolute atomic E-state index is 0.238. The number of hydrogen-bond donors (Lipinski definition) is 1. The molecule has 0 aliphatic carbocycles. The molecule has 0 spiro atoms. The first-order valence-electron chi connectivity index (χ1n) is 10.4. The van der Waals surface area contributed by atoms with Crippen LogP contribution in [0.3, 0.4) is 0 Å². The molecule has 0 radical (unpaired) electrons. The van der Waals surface area contributed by atoms with Crippen molar-refractivity contribution in [2.75, 3.05) is 0 Å². The Morgan fingerprint density at radius 1 is 1.20 bits per heavy atom. The summed E-state index contributed by atoms with van der Waals surface area (Å²) in [7, 11) is 0. The van der Waals surface area contributed by atoms with Crippen LogP contribution in [0.25, 0.3) is 0 Å². The molecular formula is C24H28FN3O2. The van der Waals surface area contributed by atoms with Gasteiger partial charge < -0.3 is 9.67 Å². The maximum absolute atomic E-state index is 13.3. The van der Waals surface area contributed by atoms with Crippen LogP contribution in [0.1, 0.15) is 71.4 Å². The van der Waals surface area contributed by atoms with E-state index in [1.54, 1.807) is 12.1 Å². The molecule has 0 saturated carbocycles. The fourth-order valence-electron chi connectivity index (χ4n) is 3.60. The summed E-state index contributed by atoms with van der Waals surface area (Å²) in [6, 6.07) is 9.81. The lowest BCUT2D eigenvalue weighted by molar-refractivity contribution is 0.0696. The summed E-state index contributed by atoms with van der Waals surface area (Å²) in [5, 5.41) is 9.24. The van der Waals surface area contributed by atoms with Crippen LogP contribution >= 0.6 is 0 Å². The SMILES string of the molecule is CCC(C)c1cnc(CCCc2cc(C(=O)O)cc(C)n2)n1Cc1ccc(F)cc1. The third-order valence-corrected chi connectivity index (χ3v) is 5.43. The number of aryl methyl sites for hydroxylation is 3. The molecule has 1 N–H and O–H groups in total. The van der Waals surface area contributed by atoms with Gasteiger partial charge in [0.2, 0.25) is 0 Å². The zero-order chi connectivity index (χ0) is 21.7. The molecule has 5 nitrogen and oxygen atoms in total. The highest BCUT2D eigenvalue weighted by molar-refractivity contribution is 5.87. The van der Waals surface area contributed by atoms with Gasteiger partial charge in [0.05, 0.1) is 5.56 Å². The second-order valence-electron chi connectivity index (χ2n) is 7.77. The molecule has 3 aromatic rings. The largest absolute Gasteiger partial charge is 0.478 e. The normalized spacial score (nSPS) is 12.1. The van der Waals surface area contributed by atoms with E-state index in [0.717, 1.165) is 36.3 Å². The average molecular weight is 410 g/mol. The lowest BCUT2D eigenvalue weighted by Crippen LogP contribution is -2.11. The Morgan fingerprint density at radius 3 is 2.60 bits per heavy atom. The Balaban J connectivity index is 1.76. The zero-order valence-electron chi connectivity index (χ0n) is 17.7. The number of imidazole rings is 1. The van der Waals surface area contributed by atoms with Gasteiger partial charge in [-0.15, -0.1) is 0 Å². The molecule has 30 heavy (non-hydrogen) atoms. The molecule has 1 atom stereocenters. The second-order valence-corrected chi connectivity index (χ2v) is 7.77. The fourth-order valence-corrected chi connectivity index (χ4v) is 3.60. The first kappa shape index (κ1) is 21.7. The molecule has 1 aromatic carbocycles. The van der Waals surface area contributed by atoms with E-state index >= 15 is 0 Å². The van der Waals surface area contributed by atoms with E-state index in [1.165, 1.54) is 17.8 Å². The molecule has 1 unspecified atom stereocenters. The summed E-state index contributed by atoms with van der Waals surface area (Å²) in [5.74, 6) is 0.192. The second kappa shape index (κ2) is 9.65. The van der Waals surface area contributed by atoms with Crippen LogP contribution in [0.15, 0.2) is 42.6 Å². The van der Waals surface area contributed by atoms with Gasteiger partial charge in [-0.05, 0) is 61.9 Å². The van der Waals surface area contributed by atoms with Gasteiger partial charge in [0.1, 0.15) is 11.6 Å². The van der Waals surface area contributed by atoms with E-state index < -0.39 is 5.97 Å². The Kier molecular flexibility index (Phi) is 6.98. The Morgan fingerprint density at radius 2 is 1.93 bits per heavy atom. The molecule has 0 aliphatic rings. The highest BCUT2D eigenvalue weighted by Crippen LogP contribution is 2.22. The summed E-state index contributed by atoms with van der Waals surface area (Å²) in [6.45, 7) is 6.81. The quantitative estimate of drug-likeness (QED) is 0.530. The fraction of sp³-hybridized carbons (Fsp3) is 0.375. The van der Waals surface area contributed by atoms with Gasteiger partial charge in [0, 0.05) is 36.2 Å². The molecule has 0 fully saturated rings. The molecule has 0 saturated heterocycles. The van der Waals surface area contributed by atoms with Crippen LogP contribution in [0.4, 0.5) is 4.39 Å². The summed E-state index contributed by atoms with van der Waals surface area (Å²) in [6.07, 6.45) is 5.22. The highest BCUT2D eigenvalue weighted by atomic mass is 19.1. The van der Waals surface area contributed by atoms with Crippen LogP contribution in [0.2, 0.25) is 0 Å². The number of nitrogens with zero attached hydrogens (tertiary/aromatic N) is 3. The summed E-state index contributed by atoms with van der Waals surface area (Å²) < 4.78 is 15.5. The van der Waals surface area contributed by atoms with Crippen molar-refractivity contribution >= 4 is 5.97 Å². The summed E-state index contributed by atoms with van der Waals surface area (Å²) >= 11 is 0. The first-order valence-corrected chi connectivity index (χ1v) is 10.4. The van der Waals surface area contributed by atoms with Gasteiger partial charge in [-0.25, -0.2) is 14.2 Å². The number of carboxylic acids is 1. The highest BCUT2D eigenvalue weighted by Gasteiger charge is 2.15. The van der Waals surface area contributed by atoms with Crippen LogP contribution in [0.5, 0.6) is 0 Å². The first-order chi connectivity index (χ1) is 14.4. The van der Waals surface area contributed by atoms with Crippen LogP contribution in [-0.2, 0) is 19.4 Å². The van der Waals surface area contributed by atoms with Crippen molar-refractivity contribution < 1.29 is 14.3 Å². The predicted octanol–water partition coefficient (Wildman–Crippen LogP) is 5.16. The van der Waals surface area contributed by atoms with Crippen molar-refractivity contribution in [2.24, 2.45) is 0 Å². The maximum atomic E-state index is 13.3. The van der Waals surface area contributed by atoms with Gasteiger partial charge in [-0.1, -0.05) is 26.0 Å². The van der Waals surface area contributed by atoms with E-state index in [4.69, 9.17) is 0 Å². The van der Waals surface area contributed by atoms with Crippen molar-refractivity contribution in [3.8, 4) is 0 Å². The van der Waals surface area contributed by atoms with Crippen molar-refractivity contribution in [1.82, 2.24) is 14.5 Å². The van der Waals surface area contributed by atoms with E-state index in [1.807, 2.05) is 25.3 Å². The monoisotopic (exact) mass is 409 g/mol. The number of halogens is 1. The van der Waals surface area contributed by atoms with Gasteiger partial charge in [0.15, 0.2) is 0 Å². The van der Waals surface area contributed by atoms with Gasteiger partial charge >= 0.3 is 5.97 Å². The standard InChI is InChI=1S/C24H28FN3O2/c1-4-16(2)22-14-26-23(28(22)15-18-8-10-20(25)11-9-18)7-5-6-21-13-19(24(29)30)12-17(3)27-21/h8-14,16H,4-7,15H2,1-3H3,(H,29,30).